The van der Waals surface area contributed by atoms with Crippen molar-refractivity contribution < 1.29 is 0 Å². The molecule has 0 saturated carbocycles. The molecule has 0 radical (unpaired) electrons. The molecule has 0 aliphatic carbocycles. The van der Waals surface area contributed by atoms with Crippen molar-refractivity contribution in [1.29, 1.82) is 0 Å². The number of hydrogen-bond donors (Lipinski definition) is 1. The van der Waals surface area contributed by atoms with E-state index in [2.05, 4.69) is 36.0 Å². The van der Waals surface area contributed by atoms with Crippen LogP contribution >= 0.6 is 11.3 Å². The molecular formula is C15H28N4S. The minimum atomic E-state index is 0.554. The lowest BCUT2D eigenvalue weighted by atomic mass is 10.0. The van der Waals surface area contributed by atoms with Gasteiger partial charge in [-0.15, -0.1) is 11.3 Å². The number of nitrogens with one attached hydrogen (secondary N) is 1. The minimum absolute atomic E-state index is 0.554. The van der Waals surface area contributed by atoms with Gasteiger partial charge in [0.15, 0.2) is 5.13 Å². The molecule has 0 amide bonds. The molecule has 1 unspecified atom stereocenters. The first kappa shape index (κ1) is 15.7. The fourth-order valence-corrected chi connectivity index (χ4v) is 3.83. The first-order chi connectivity index (χ1) is 9.65. The van der Waals surface area contributed by atoms with Gasteiger partial charge in [-0.05, 0) is 39.4 Å². The van der Waals surface area contributed by atoms with Crippen LogP contribution in [0.5, 0.6) is 0 Å². The van der Waals surface area contributed by atoms with Gasteiger partial charge >= 0.3 is 0 Å². The van der Waals surface area contributed by atoms with Gasteiger partial charge in [0.25, 0.3) is 0 Å². The van der Waals surface area contributed by atoms with Crippen molar-refractivity contribution in [3.8, 4) is 0 Å². The van der Waals surface area contributed by atoms with E-state index in [0.717, 1.165) is 32.6 Å². The molecule has 1 N–H and O–H groups in total. The molecular weight excluding hydrogens is 268 g/mol. The molecule has 0 bridgehead atoms. The Hall–Kier alpha value is -0.650. The lowest BCUT2D eigenvalue weighted by Crippen LogP contribution is -2.28. The monoisotopic (exact) mass is 296 g/mol. The quantitative estimate of drug-likeness (QED) is 0.905. The molecule has 0 spiro atoms. The molecule has 1 aromatic rings. The van der Waals surface area contributed by atoms with E-state index in [-0.39, 0.29) is 0 Å². The molecule has 1 fully saturated rings. The van der Waals surface area contributed by atoms with Crippen molar-refractivity contribution in [2.75, 3.05) is 45.2 Å². The standard InChI is InChI=1S/C15H28N4S/c1-5-12(2)14-13(11-16-3)20-15(17-14)19-8-6-7-18(4)9-10-19/h12,16H,5-11H2,1-4H3. The number of aromatic nitrogens is 1. The summed E-state index contributed by atoms with van der Waals surface area (Å²) in [6, 6.07) is 0. The van der Waals surface area contributed by atoms with Crippen molar-refractivity contribution in [3.63, 3.8) is 0 Å². The van der Waals surface area contributed by atoms with E-state index in [4.69, 9.17) is 4.98 Å². The second-order valence-electron chi connectivity index (χ2n) is 5.79. The van der Waals surface area contributed by atoms with Crippen molar-refractivity contribution in [2.24, 2.45) is 0 Å². The number of nitrogens with zero attached hydrogens (tertiary/aromatic N) is 3. The highest BCUT2D eigenvalue weighted by Gasteiger charge is 2.20. The summed E-state index contributed by atoms with van der Waals surface area (Å²) < 4.78 is 0. The highest BCUT2D eigenvalue weighted by atomic mass is 32.1. The topological polar surface area (TPSA) is 31.4 Å². The Kier molecular flexibility index (Phi) is 5.81. The Morgan fingerprint density at radius 1 is 1.30 bits per heavy atom. The van der Waals surface area contributed by atoms with Crippen LogP contribution in [0.4, 0.5) is 5.13 Å². The van der Waals surface area contributed by atoms with Crippen LogP contribution in [0.3, 0.4) is 0 Å². The molecule has 0 aromatic carbocycles. The van der Waals surface area contributed by atoms with E-state index in [0.29, 0.717) is 5.92 Å². The lowest BCUT2D eigenvalue weighted by molar-refractivity contribution is 0.360. The van der Waals surface area contributed by atoms with Crippen LogP contribution < -0.4 is 10.2 Å². The Labute approximate surface area is 127 Å². The summed E-state index contributed by atoms with van der Waals surface area (Å²) in [5.74, 6) is 0.554. The zero-order valence-electron chi connectivity index (χ0n) is 13.3. The van der Waals surface area contributed by atoms with Crippen LogP contribution in [0.2, 0.25) is 0 Å². The fraction of sp³-hybridized carbons (Fsp3) is 0.800. The summed E-state index contributed by atoms with van der Waals surface area (Å²) in [4.78, 5) is 11.3. The van der Waals surface area contributed by atoms with Gasteiger partial charge < -0.3 is 15.1 Å². The van der Waals surface area contributed by atoms with Gasteiger partial charge in [-0.3, -0.25) is 0 Å². The third kappa shape index (κ3) is 3.71. The summed E-state index contributed by atoms with van der Waals surface area (Å²) >= 11 is 1.88. The maximum atomic E-state index is 4.98. The van der Waals surface area contributed by atoms with E-state index in [1.54, 1.807) is 0 Å². The van der Waals surface area contributed by atoms with Crippen LogP contribution in [0.25, 0.3) is 0 Å². The number of anilines is 1. The maximum absolute atomic E-state index is 4.98. The van der Waals surface area contributed by atoms with Gasteiger partial charge in [0, 0.05) is 31.1 Å². The average Bonchev–Trinajstić information content (AvgIpc) is 2.73. The SMILES string of the molecule is CCC(C)c1nc(N2CCCN(C)CC2)sc1CNC. The Morgan fingerprint density at radius 2 is 2.10 bits per heavy atom. The summed E-state index contributed by atoms with van der Waals surface area (Å²) in [6.07, 6.45) is 2.39. The van der Waals surface area contributed by atoms with Crippen LogP contribution in [-0.2, 0) is 6.54 Å². The average molecular weight is 296 g/mol. The Balaban J connectivity index is 2.18. The van der Waals surface area contributed by atoms with E-state index in [9.17, 15) is 0 Å². The molecule has 4 nitrogen and oxygen atoms in total. The number of likely N-dealkylation sites (N-methyl/N-ethyl adjacent to an activating group) is 1. The molecule has 5 heteroatoms. The predicted octanol–water partition coefficient (Wildman–Crippen LogP) is 2.52. The molecule has 114 valence electrons. The van der Waals surface area contributed by atoms with Gasteiger partial charge in [-0.25, -0.2) is 4.98 Å². The highest BCUT2D eigenvalue weighted by molar-refractivity contribution is 7.15. The van der Waals surface area contributed by atoms with Gasteiger partial charge in [-0.1, -0.05) is 13.8 Å². The van der Waals surface area contributed by atoms with Gasteiger partial charge in [0.1, 0.15) is 0 Å². The Morgan fingerprint density at radius 3 is 2.80 bits per heavy atom. The largest absolute Gasteiger partial charge is 0.347 e. The van der Waals surface area contributed by atoms with E-state index >= 15 is 0 Å². The third-order valence-electron chi connectivity index (χ3n) is 4.12. The lowest BCUT2D eigenvalue weighted by Gasteiger charge is -2.19. The maximum Gasteiger partial charge on any atom is 0.185 e. The van der Waals surface area contributed by atoms with Crippen LogP contribution in [-0.4, -0.2) is 50.2 Å². The molecule has 1 aliphatic rings. The number of thiazole rings is 1. The molecule has 20 heavy (non-hydrogen) atoms. The van der Waals surface area contributed by atoms with Crippen LogP contribution in [0.1, 0.15) is 43.2 Å². The van der Waals surface area contributed by atoms with Crippen molar-refractivity contribution in [2.45, 2.75) is 39.2 Å². The predicted molar refractivity (Wildman–Crippen MR) is 87.9 cm³/mol. The van der Waals surface area contributed by atoms with Crippen molar-refractivity contribution in [1.82, 2.24) is 15.2 Å². The number of rotatable bonds is 5. The first-order valence-electron chi connectivity index (χ1n) is 7.73. The number of hydrogen-bond acceptors (Lipinski definition) is 5. The zero-order chi connectivity index (χ0) is 14.5. The van der Waals surface area contributed by atoms with Gasteiger partial charge in [0.2, 0.25) is 0 Å². The van der Waals surface area contributed by atoms with Crippen LogP contribution in [0, 0.1) is 0 Å². The smallest absolute Gasteiger partial charge is 0.185 e. The summed E-state index contributed by atoms with van der Waals surface area (Å²) in [7, 11) is 4.23. The van der Waals surface area contributed by atoms with E-state index in [1.165, 1.54) is 28.7 Å². The molecule has 1 aliphatic heterocycles. The first-order valence-corrected chi connectivity index (χ1v) is 8.55. The molecule has 1 aromatic heterocycles. The third-order valence-corrected chi connectivity index (χ3v) is 5.25. The highest BCUT2D eigenvalue weighted by Crippen LogP contribution is 2.32. The van der Waals surface area contributed by atoms with Gasteiger partial charge in [-0.2, -0.15) is 0 Å². The molecule has 1 saturated heterocycles. The second kappa shape index (κ2) is 7.38. The Bertz CT molecular complexity index is 418. The van der Waals surface area contributed by atoms with E-state index < -0.39 is 0 Å². The van der Waals surface area contributed by atoms with Crippen molar-refractivity contribution in [3.05, 3.63) is 10.6 Å². The molecule has 1 atom stereocenters. The van der Waals surface area contributed by atoms with E-state index in [1.807, 2.05) is 18.4 Å². The van der Waals surface area contributed by atoms with Crippen molar-refractivity contribution >= 4 is 16.5 Å². The zero-order valence-corrected chi connectivity index (χ0v) is 14.1. The summed E-state index contributed by atoms with van der Waals surface area (Å²) in [5.41, 5.74) is 1.31. The summed E-state index contributed by atoms with van der Waals surface area (Å²) in [6.45, 7) is 10.0. The van der Waals surface area contributed by atoms with Gasteiger partial charge in [0.05, 0.1) is 5.69 Å². The minimum Gasteiger partial charge on any atom is -0.347 e. The molecule has 2 heterocycles. The second-order valence-corrected chi connectivity index (χ2v) is 6.85. The molecule has 2 rings (SSSR count). The normalized spacial score (nSPS) is 19.1. The summed E-state index contributed by atoms with van der Waals surface area (Å²) in [5, 5.41) is 4.51. The van der Waals surface area contributed by atoms with Crippen LogP contribution in [0.15, 0.2) is 0 Å². The fourth-order valence-electron chi connectivity index (χ4n) is 2.59.